The van der Waals surface area contributed by atoms with Gasteiger partial charge in [0.2, 0.25) is 11.8 Å². The van der Waals surface area contributed by atoms with Crippen molar-refractivity contribution in [2.75, 3.05) is 46.4 Å². The number of carbonyl (C=O) groups excluding carboxylic acids is 2. The van der Waals surface area contributed by atoms with Crippen LogP contribution in [0.4, 0.5) is 0 Å². The number of ether oxygens (including phenoxy) is 1. The van der Waals surface area contributed by atoms with Crippen molar-refractivity contribution in [3.8, 4) is 0 Å². The smallest absolute Gasteiger partial charge is 0.224 e. The molecule has 2 N–H and O–H groups in total. The first kappa shape index (κ1) is 19.2. The third-order valence-electron chi connectivity index (χ3n) is 5.36. The lowest BCUT2D eigenvalue weighted by molar-refractivity contribution is -0.136. The third kappa shape index (κ3) is 5.18. The minimum absolute atomic E-state index is 0.0437. The third-order valence-corrected chi connectivity index (χ3v) is 5.36. The molecular weight excluding hydrogens is 306 g/mol. The van der Waals surface area contributed by atoms with E-state index in [1.807, 2.05) is 11.8 Å². The summed E-state index contributed by atoms with van der Waals surface area (Å²) in [5.74, 6) is 0.211. The first-order valence-corrected chi connectivity index (χ1v) is 9.35. The number of nitrogens with one attached hydrogen (secondary N) is 2. The Morgan fingerprint density at radius 2 is 2.08 bits per heavy atom. The number of carbonyl (C=O) groups is 2. The summed E-state index contributed by atoms with van der Waals surface area (Å²) in [5.41, 5.74) is 0.0437. The van der Waals surface area contributed by atoms with Gasteiger partial charge >= 0.3 is 0 Å². The molecule has 6 nitrogen and oxygen atoms in total. The average Bonchev–Trinajstić information content (AvgIpc) is 2.61. The van der Waals surface area contributed by atoms with E-state index >= 15 is 0 Å². The number of amides is 2. The molecule has 0 aromatic rings. The number of hydrogen-bond acceptors (Lipinski definition) is 4. The molecule has 1 atom stereocenters. The summed E-state index contributed by atoms with van der Waals surface area (Å²) in [6, 6.07) is 0. The van der Waals surface area contributed by atoms with Crippen molar-refractivity contribution in [1.29, 1.82) is 0 Å². The molecule has 24 heavy (non-hydrogen) atoms. The molecule has 138 valence electrons. The molecular formula is C18H33N3O3. The molecule has 2 aliphatic rings. The highest BCUT2D eigenvalue weighted by atomic mass is 16.5. The lowest BCUT2D eigenvalue weighted by Gasteiger charge is -2.38. The Kier molecular flexibility index (Phi) is 7.49. The molecule has 0 radical (unpaired) electrons. The maximum Gasteiger partial charge on any atom is 0.224 e. The highest BCUT2D eigenvalue weighted by Gasteiger charge is 2.34. The van der Waals surface area contributed by atoms with Crippen LogP contribution >= 0.6 is 0 Å². The molecule has 2 saturated heterocycles. The summed E-state index contributed by atoms with van der Waals surface area (Å²) in [6.45, 7) is 6.68. The molecule has 2 fully saturated rings. The number of piperidine rings is 2. The molecule has 2 heterocycles. The van der Waals surface area contributed by atoms with E-state index in [4.69, 9.17) is 4.74 Å². The number of hydrogen-bond donors (Lipinski definition) is 2. The van der Waals surface area contributed by atoms with Crippen molar-refractivity contribution < 1.29 is 14.3 Å². The molecule has 0 aromatic heterocycles. The van der Waals surface area contributed by atoms with Gasteiger partial charge in [0.15, 0.2) is 0 Å². The minimum atomic E-state index is -0.0686. The van der Waals surface area contributed by atoms with Crippen LogP contribution < -0.4 is 10.6 Å². The van der Waals surface area contributed by atoms with E-state index in [2.05, 4.69) is 10.6 Å². The lowest BCUT2D eigenvalue weighted by Crippen LogP contribution is -2.50. The fourth-order valence-electron chi connectivity index (χ4n) is 3.84. The van der Waals surface area contributed by atoms with Gasteiger partial charge in [0, 0.05) is 38.6 Å². The summed E-state index contributed by atoms with van der Waals surface area (Å²) in [5, 5.41) is 6.52. The van der Waals surface area contributed by atoms with Crippen molar-refractivity contribution in [1.82, 2.24) is 15.5 Å². The van der Waals surface area contributed by atoms with Crippen molar-refractivity contribution in [2.45, 2.75) is 45.4 Å². The fourth-order valence-corrected chi connectivity index (χ4v) is 3.84. The number of rotatable bonds is 7. The van der Waals surface area contributed by atoms with E-state index in [1.165, 1.54) is 0 Å². The van der Waals surface area contributed by atoms with E-state index < -0.39 is 0 Å². The Labute approximate surface area is 145 Å². The molecule has 6 heteroatoms. The Bertz CT molecular complexity index is 416. The van der Waals surface area contributed by atoms with Gasteiger partial charge in [-0.2, -0.15) is 0 Å². The first-order chi connectivity index (χ1) is 11.6. The molecule has 2 aliphatic heterocycles. The van der Waals surface area contributed by atoms with Gasteiger partial charge in [-0.1, -0.05) is 6.92 Å². The van der Waals surface area contributed by atoms with E-state index in [1.54, 1.807) is 7.11 Å². The van der Waals surface area contributed by atoms with Gasteiger partial charge in [0.05, 0.1) is 12.5 Å². The molecule has 2 rings (SSSR count). The predicted octanol–water partition coefficient (Wildman–Crippen LogP) is 1.16. The second-order valence-electron chi connectivity index (χ2n) is 7.33. The maximum atomic E-state index is 12.6. The molecule has 0 saturated carbocycles. The minimum Gasteiger partial charge on any atom is -0.384 e. The zero-order chi connectivity index (χ0) is 17.4. The Morgan fingerprint density at radius 1 is 1.33 bits per heavy atom. The SMILES string of the molecule is CCCC(=O)N1CCCC(C(=O)NCC2(COC)CCNCC2)C1. The van der Waals surface area contributed by atoms with Crippen LogP contribution in [0.1, 0.15) is 45.4 Å². The van der Waals surface area contributed by atoms with Gasteiger partial charge in [0.1, 0.15) is 0 Å². The van der Waals surface area contributed by atoms with Gasteiger partial charge in [-0.25, -0.2) is 0 Å². The van der Waals surface area contributed by atoms with Crippen molar-refractivity contribution >= 4 is 11.8 Å². The normalized spacial score (nSPS) is 23.8. The van der Waals surface area contributed by atoms with Gasteiger partial charge in [-0.05, 0) is 45.2 Å². The fraction of sp³-hybridized carbons (Fsp3) is 0.889. The summed E-state index contributed by atoms with van der Waals surface area (Å²) in [4.78, 5) is 26.6. The van der Waals surface area contributed by atoms with Crippen LogP contribution in [0.5, 0.6) is 0 Å². The second-order valence-corrected chi connectivity index (χ2v) is 7.33. The number of methoxy groups -OCH3 is 1. The summed E-state index contributed by atoms with van der Waals surface area (Å²) < 4.78 is 5.41. The zero-order valence-corrected chi connectivity index (χ0v) is 15.2. The molecule has 0 bridgehead atoms. The van der Waals surface area contributed by atoms with E-state index in [-0.39, 0.29) is 23.1 Å². The predicted molar refractivity (Wildman–Crippen MR) is 93.6 cm³/mol. The molecule has 0 aliphatic carbocycles. The standard InChI is InChI=1S/C18H33N3O3/c1-3-5-16(22)21-11-4-6-15(12-21)17(23)20-13-18(14-24-2)7-9-19-10-8-18/h15,19H,3-14H2,1-2H3,(H,20,23). The molecule has 0 spiro atoms. The van der Waals surface area contributed by atoms with Gasteiger partial charge in [0.25, 0.3) is 0 Å². The van der Waals surface area contributed by atoms with Crippen molar-refractivity contribution in [3.05, 3.63) is 0 Å². The highest BCUT2D eigenvalue weighted by molar-refractivity contribution is 5.81. The van der Waals surface area contributed by atoms with Crippen molar-refractivity contribution in [2.24, 2.45) is 11.3 Å². The van der Waals surface area contributed by atoms with Gasteiger partial charge in [-0.15, -0.1) is 0 Å². The molecule has 2 amide bonds. The maximum absolute atomic E-state index is 12.6. The summed E-state index contributed by atoms with van der Waals surface area (Å²) >= 11 is 0. The van der Waals surface area contributed by atoms with E-state index in [9.17, 15) is 9.59 Å². The second kappa shape index (κ2) is 9.37. The van der Waals surface area contributed by atoms with Crippen LogP contribution in [-0.4, -0.2) is 63.2 Å². The van der Waals surface area contributed by atoms with Crippen LogP contribution in [0.2, 0.25) is 0 Å². The highest BCUT2D eigenvalue weighted by Crippen LogP contribution is 2.28. The van der Waals surface area contributed by atoms with Gasteiger partial charge in [-0.3, -0.25) is 9.59 Å². The van der Waals surface area contributed by atoms with Crippen LogP contribution in [0.15, 0.2) is 0 Å². The van der Waals surface area contributed by atoms with Crippen molar-refractivity contribution in [3.63, 3.8) is 0 Å². The lowest BCUT2D eigenvalue weighted by atomic mass is 9.79. The molecule has 0 aromatic carbocycles. The van der Waals surface area contributed by atoms with Gasteiger partial charge < -0.3 is 20.3 Å². The number of likely N-dealkylation sites (tertiary alicyclic amines) is 1. The van der Waals surface area contributed by atoms with Crippen LogP contribution in [0.3, 0.4) is 0 Å². The van der Waals surface area contributed by atoms with Crippen LogP contribution in [0, 0.1) is 11.3 Å². The van der Waals surface area contributed by atoms with Crippen LogP contribution in [0.25, 0.3) is 0 Å². The Hall–Kier alpha value is -1.14. The van der Waals surface area contributed by atoms with E-state index in [0.717, 1.165) is 51.7 Å². The summed E-state index contributed by atoms with van der Waals surface area (Å²) in [6.07, 6.45) is 5.28. The monoisotopic (exact) mass is 339 g/mol. The summed E-state index contributed by atoms with van der Waals surface area (Å²) in [7, 11) is 1.73. The average molecular weight is 339 g/mol. The number of nitrogens with zero attached hydrogens (tertiary/aromatic N) is 1. The Balaban J connectivity index is 1.85. The first-order valence-electron chi connectivity index (χ1n) is 9.35. The van der Waals surface area contributed by atoms with E-state index in [0.29, 0.717) is 26.1 Å². The largest absolute Gasteiger partial charge is 0.384 e. The Morgan fingerprint density at radius 3 is 2.75 bits per heavy atom. The quantitative estimate of drug-likeness (QED) is 0.730. The topological polar surface area (TPSA) is 70.7 Å². The van der Waals surface area contributed by atoms with Crippen LogP contribution in [-0.2, 0) is 14.3 Å². The zero-order valence-electron chi connectivity index (χ0n) is 15.2. The molecule has 1 unspecified atom stereocenters.